The Morgan fingerprint density at radius 1 is 1.21 bits per heavy atom. The number of amides is 1. The highest BCUT2D eigenvalue weighted by Gasteiger charge is 2.48. The van der Waals surface area contributed by atoms with Gasteiger partial charge in [-0.1, -0.05) is 37.2 Å². The number of methoxy groups -OCH3 is 1. The maximum atomic E-state index is 13.4. The number of rotatable bonds is 7. The predicted octanol–water partition coefficient (Wildman–Crippen LogP) is 3.23. The number of nitrogens with zero attached hydrogens (tertiary/aromatic N) is 3. The fourth-order valence-electron chi connectivity index (χ4n) is 3.74. The molecule has 1 aliphatic rings. The Bertz CT molecular complexity index is 1220. The number of pyridine rings is 1. The van der Waals surface area contributed by atoms with Gasteiger partial charge < -0.3 is 19.5 Å². The molecule has 3 aromatic rings. The number of hydrogen-bond donors (Lipinski definition) is 2. The van der Waals surface area contributed by atoms with Crippen molar-refractivity contribution in [2.24, 2.45) is 5.41 Å². The van der Waals surface area contributed by atoms with Crippen molar-refractivity contribution in [2.75, 3.05) is 18.6 Å². The van der Waals surface area contributed by atoms with Crippen LogP contribution in [0.5, 0.6) is 5.75 Å². The second kappa shape index (κ2) is 8.51. The Kier molecular flexibility index (Phi) is 5.73. The van der Waals surface area contributed by atoms with Gasteiger partial charge in [0.15, 0.2) is 11.5 Å². The molecule has 3 heterocycles. The highest BCUT2D eigenvalue weighted by Crippen LogP contribution is 2.45. The number of anilines is 1. The molecule has 1 atom stereocenters. The van der Waals surface area contributed by atoms with E-state index in [4.69, 9.17) is 9.26 Å². The van der Waals surface area contributed by atoms with Crippen molar-refractivity contribution < 1.29 is 29.1 Å². The van der Waals surface area contributed by atoms with Gasteiger partial charge in [0, 0.05) is 23.4 Å². The number of benzene rings is 1. The van der Waals surface area contributed by atoms with Crippen molar-refractivity contribution in [3.05, 3.63) is 71.8 Å². The van der Waals surface area contributed by atoms with Crippen molar-refractivity contribution in [3.63, 3.8) is 0 Å². The summed E-state index contributed by atoms with van der Waals surface area (Å²) in [6, 6.07) is 10.9. The molecule has 1 aliphatic heterocycles. The first-order valence-electron chi connectivity index (χ1n) is 10.2. The largest absolute Gasteiger partial charge is 0.503 e. The zero-order chi connectivity index (χ0) is 23.8. The lowest BCUT2D eigenvalue weighted by Gasteiger charge is -2.29. The van der Waals surface area contributed by atoms with Crippen LogP contribution in [0.3, 0.4) is 0 Å². The number of aromatic nitrogens is 2. The Labute approximate surface area is 189 Å². The van der Waals surface area contributed by atoms with Gasteiger partial charge in [-0.05, 0) is 18.2 Å². The van der Waals surface area contributed by atoms with Gasteiger partial charge >= 0.3 is 0 Å². The number of aliphatic hydroxyl groups is 2. The third-order valence-electron chi connectivity index (χ3n) is 5.62. The average Bonchev–Trinajstić information content (AvgIpc) is 3.46. The topological polar surface area (TPSA) is 126 Å². The van der Waals surface area contributed by atoms with Gasteiger partial charge in [0.05, 0.1) is 24.7 Å². The summed E-state index contributed by atoms with van der Waals surface area (Å²) in [5.74, 6) is -1.35. The lowest BCUT2D eigenvalue weighted by Crippen LogP contribution is -2.35. The number of Topliss-reactive ketones (excluding diaryl/α,β-unsaturated/α-hetero) is 1. The SMILES string of the molecule is COc1ccccc1C1C(C(=O)C(C)(C)CO)=C(O)C(=O)N1c1ccc(-c2ccon2)cn1. The van der Waals surface area contributed by atoms with Crippen LogP contribution >= 0.6 is 0 Å². The number of carbonyl (C=O) groups excluding carboxylic acids is 2. The van der Waals surface area contributed by atoms with Gasteiger partial charge in [-0.15, -0.1) is 0 Å². The minimum absolute atomic E-state index is 0.120. The number of ether oxygens (including phenoxy) is 1. The van der Waals surface area contributed by atoms with Crippen LogP contribution in [0.25, 0.3) is 11.3 Å². The molecule has 9 heteroatoms. The van der Waals surface area contributed by atoms with E-state index < -0.39 is 35.5 Å². The van der Waals surface area contributed by atoms with Gasteiger partial charge in [0.1, 0.15) is 29.6 Å². The van der Waals surface area contributed by atoms with Crippen LogP contribution in [0, 0.1) is 5.41 Å². The Hall–Kier alpha value is -3.98. The van der Waals surface area contributed by atoms with E-state index in [0.29, 0.717) is 22.6 Å². The van der Waals surface area contributed by atoms with E-state index in [-0.39, 0.29) is 11.4 Å². The lowest BCUT2D eigenvalue weighted by molar-refractivity contribution is -0.125. The Morgan fingerprint density at radius 3 is 2.58 bits per heavy atom. The first-order valence-corrected chi connectivity index (χ1v) is 10.2. The van der Waals surface area contributed by atoms with Gasteiger partial charge in [-0.2, -0.15) is 0 Å². The van der Waals surface area contributed by atoms with Crippen molar-refractivity contribution in [3.8, 4) is 17.0 Å². The highest BCUT2D eigenvalue weighted by atomic mass is 16.5. The maximum absolute atomic E-state index is 13.4. The third kappa shape index (κ3) is 3.76. The molecule has 0 saturated carbocycles. The molecule has 9 nitrogen and oxygen atoms in total. The van der Waals surface area contributed by atoms with E-state index in [2.05, 4.69) is 10.1 Å². The van der Waals surface area contributed by atoms with E-state index in [9.17, 15) is 19.8 Å². The molecule has 2 aromatic heterocycles. The van der Waals surface area contributed by atoms with Gasteiger partial charge in [-0.25, -0.2) is 4.98 Å². The molecular formula is C24H23N3O6. The second-order valence-electron chi connectivity index (χ2n) is 8.24. The Balaban J connectivity index is 1.86. The molecule has 0 saturated heterocycles. The van der Waals surface area contributed by atoms with Crippen LogP contribution in [0.1, 0.15) is 25.5 Å². The van der Waals surface area contributed by atoms with E-state index in [1.165, 1.54) is 24.5 Å². The van der Waals surface area contributed by atoms with E-state index in [0.717, 1.165) is 0 Å². The van der Waals surface area contributed by atoms with Crippen LogP contribution in [0.15, 0.2) is 70.8 Å². The third-order valence-corrected chi connectivity index (χ3v) is 5.62. The minimum atomic E-state index is -1.22. The first-order chi connectivity index (χ1) is 15.8. The normalized spacial score (nSPS) is 16.4. The van der Waals surface area contributed by atoms with E-state index in [1.807, 2.05) is 0 Å². The Morgan fingerprint density at radius 2 is 1.97 bits per heavy atom. The maximum Gasteiger partial charge on any atom is 0.295 e. The smallest absolute Gasteiger partial charge is 0.295 e. The summed E-state index contributed by atoms with van der Waals surface area (Å²) in [5.41, 5.74) is 0.402. The molecule has 2 N–H and O–H groups in total. The van der Waals surface area contributed by atoms with Crippen LogP contribution < -0.4 is 9.64 Å². The van der Waals surface area contributed by atoms with Crippen LogP contribution in [-0.2, 0) is 9.59 Å². The van der Waals surface area contributed by atoms with Gasteiger partial charge in [0.2, 0.25) is 0 Å². The quantitative estimate of drug-likeness (QED) is 0.563. The fraction of sp³-hybridized carbons (Fsp3) is 0.250. The highest BCUT2D eigenvalue weighted by molar-refractivity contribution is 6.17. The number of carbonyl (C=O) groups is 2. The summed E-state index contributed by atoms with van der Waals surface area (Å²) in [7, 11) is 1.48. The molecule has 33 heavy (non-hydrogen) atoms. The molecule has 0 spiro atoms. The molecule has 1 unspecified atom stereocenters. The molecular weight excluding hydrogens is 426 g/mol. The number of aliphatic hydroxyl groups excluding tert-OH is 2. The summed E-state index contributed by atoms with van der Waals surface area (Å²) in [5, 5.41) is 24.4. The second-order valence-corrected chi connectivity index (χ2v) is 8.24. The van der Waals surface area contributed by atoms with E-state index in [1.54, 1.807) is 56.3 Å². The molecule has 170 valence electrons. The van der Waals surface area contributed by atoms with Crippen molar-refractivity contribution in [1.82, 2.24) is 10.1 Å². The van der Waals surface area contributed by atoms with Crippen molar-refractivity contribution in [2.45, 2.75) is 19.9 Å². The van der Waals surface area contributed by atoms with Gasteiger partial charge in [-0.3, -0.25) is 14.5 Å². The number of para-hydroxylation sites is 1. The number of ketones is 1. The van der Waals surface area contributed by atoms with Crippen LogP contribution in [0.4, 0.5) is 5.82 Å². The molecule has 0 radical (unpaired) electrons. The monoisotopic (exact) mass is 449 g/mol. The molecule has 1 amide bonds. The van der Waals surface area contributed by atoms with E-state index >= 15 is 0 Å². The summed E-state index contributed by atoms with van der Waals surface area (Å²) in [4.78, 5) is 32.3. The summed E-state index contributed by atoms with van der Waals surface area (Å²) in [6.07, 6.45) is 2.96. The zero-order valence-electron chi connectivity index (χ0n) is 18.3. The van der Waals surface area contributed by atoms with Crippen LogP contribution in [0.2, 0.25) is 0 Å². The van der Waals surface area contributed by atoms with Gasteiger partial charge in [0.25, 0.3) is 5.91 Å². The molecule has 0 bridgehead atoms. The molecule has 1 aromatic carbocycles. The molecule has 4 rings (SSSR count). The summed E-state index contributed by atoms with van der Waals surface area (Å²) >= 11 is 0. The standard InChI is InChI=1S/C24H23N3O6/c1-24(2,13-28)22(30)19-20(15-6-4-5-7-17(15)32-3)27(23(31)21(19)29)18-9-8-14(12-25-18)16-10-11-33-26-16/h4-12,20,28-29H,13H2,1-3H3. The first kappa shape index (κ1) is 22.2. The minimum Gasteiger partial charge on any atom is -0.503 e. The van der Waals surface area contributed by atoms with Crippen molar-refractivity contribution in [1.29, 1.82) is 0 Å². The predicted molar refractivity (Wildman–Crippen MR) is 118 cm³/mol. The van der Waals surface area contributed by atoms with Crippen molar-refractivity contribution >= 4 is 17.5 Å². The molecule has 0 aliphatic carbocycles. The lowest BCUT2D eigenvalue weighted by atomic mass is 9.81. The molecule has 0 fully saturated rings. The summed E-state index contributed by atoms with van der Waals surface area (Å²) in [6.45, 7) is 2.64. The average molecular weight is 449 g/mol. The fourth-order valence-corrected chi connectivity index (χ4v) is 3.74. The zero-order valence-corrected chi connectivity index (χ0v) is 18.3. The van der Waals surface area contributed by atoms with Crippen LogP contribution in [-0.4, -0.2) is 45.8 Å². The summed E-state index contributed by atoms with van der Waals surface area (Å²) < 4.78 is 10.3. The number of hydrogen-bond acceptors (Lipinski definition) is 8.